The molecule has 2 fully saturated rings. The summed E-state index contributed by atoms with van der Waals surface area (Å²) in [6.07, 6.45) is 0.877. The Kier molecular flexibility index (Phi) is 4.53. The molecule has 7 nitrogen and oxygen atoms in total. The Morgan fingerprint density at radius 3 is 2.50 bits per heavy atom. The maximum absolute atomic E-state index is 12.0. The van der Waals surface area contributed by atoms with Crippen LogP contribution in [0.5, 0.6) is 11.5 Å². The fourth-order valence-corrected chi connectivity index (χ4v) is 6.96. The molecule has 1 spiro atoms. The average Bonchev–Trinajstić information content (AvgIpc) is 3.07. The van der Waals surface area contributed by atoms with Crippen molar-refractivity contribution in [3.05, 3.63) is 22.8 Å². The van der Waals surface area contributed by atoms with Crippen LogP contribution in [0.2, 0.25) is 0 Å². The van der Waals surface area contributed by atoms with Crippen LogP contribution in [0.25, 0.3) is 0 Å². The van der Waals surface area contributed by atoms with E-state index >= 15 is 0 Å². The van der Waals surface area contributed by atoms with Crippen LogP contribution < -0.4 is 4.74 Å². The lowest BCUT2D eigenvalue weighted by Gasteiger charge is -2.64. The van der Waals surface area contributed by atoms with Gasteiger partial charge in [0.1, 0.15) is 22.7 Å². The van der Waals surface area contributed by atoms with Gasteiger partial charge in [-0.1, -0.05) is 27.7 Å². The van der Waals surface area contributed by atoms with Gasteiger partial charge < -0.3 is 25.2 Å². The fourth-order valence-electron chi connectivity index (χ4n) is 6.96. The quantitative estimate of drug-likeness (QED) is 0.544. The van der Waals surface area contributed by atoms with Crippen molar-refractivity contribution in [1.29, 1.82) is 0 Å². The van der Waals surface area contributed by atoms with E-state index in [1.54, 1.807) is 0 Å². The fraction of sp³-hybridized carbons (Fsp3) is 0.652. The predicted molar refractivity (Wildman–Crippen MR) is 108 cm³/mol. The van der Waals surface area contributed by atoms with Crippen molar-refractivity contribution >= 4 is 12.3 Å². The SMILES string of the molecule is C[C@H]1CC[C@H]2C(C)(C)[C@@H](O)[C@@H](O)C[C@@]2(C)[C@@]12Cc1c(O)cc(C=O)c(C(=O)O)c1O2. The Balaban J connectivity index is 1.91. The molecule has 4 rings (SSSR count). The highest BCUT2D eigenvalue weighted by Gasteiger charge is 2.68. The molecule has 3 aliphatic rings. The Labute approximate surface area is 175 Å². The molecule has 30 heavy (non-hydrogen) atoms. The monoisotopic (exact) mass is 418 g/mol. The van der Waals surface area contributed by atoms with Crippen molar-refractivity contribution in [1.82, 2.24) is 0 Å². The minimum atomic E-state index is -1.28. The summed E-state index contributed by atoms with van der Waals surface area (Å²) < 4.78 is 6.52. The molecule has 0 bridgehead atoms. The van der Waals surface area contributed by atoms with Gasteiger partial charge in [-0.25, -0.2) is 4.79 Å². The number of hydrogen-bond donors (Lipinski definition) is 4. The molecule has 1 aromatic carbocycles. The summed E-state index contributed by atoms with van der Waals surface area (Å²) in [7, 11) is 0. The second-order valence-corrected chi connectivity index (χ2v) is 10.2. The number of phenols is 1. The number of aldehydes is 1. The van der Waals surface area contributed by atoms with Crippen LogP contribution in [0.3, 0.4) is 0 Å². The van der Waals surface area contributed by atoms with Crippen LogP contribution in [0, 0.1) is 22.7 Å². The second kappa shape index (κ2) is 6.44. The number of ether oxygens (including phenoxy) is 1. The highest BCUT2D eigenvalue weighted by atomic mass is 16.5. The van der Waals surface area contributed by atoms with E-state index in [1.807, 2.05) is 20.8 Å². The van der Waals surface area contributed by atoms with Crippen molar-refractivity contribution in [2.45, 2.75) is 71.2 Å². The van der Waals surface area contributed by atoms with Crippen LogP contribution in [0.4, 0.5) is 0 Å². The highest BCUT2D eigenvalue weighted by molar-refractivity contribution is 6.01. The minimum absolute atomic E-state index is 0.0186. The van der Waals surface area contributed by atoms with E-state index in [-0.39, 0.29) is 34.5 Å². The van der Waals surface area contributed by atoms with Gasteiger partial charge in [0, 0.05) is 23.0 Å². The summed E-state index contributed by atoms with van der Waals surface area (Å²) in [6.45, 7) is 8.02. The number of phenolic OH excluding ortho intramolecular Hbond substituents is 1. The zero-order valence-electron chi connectivity index (χ0n) is 17.8. The molecule has 2 saturated carbocycles. The topological polar surface area (TPSA) is 124 Å². The van der Waals surface area contributed by atoms with Crippen LogP contribution in [-0.4, -0.2) is 50.5 Å². The van der Waals surface area contributed by atoms with Crippen LogP contribution in [-0.2, 0) is 6.42 Å². The molecular formula is C23H30O7. The third-order valence-corrected chi connectivity index (χ3v) is 8.53. The summed E-state index contributed by atoms with van der Waals surface area (Å²) >= 11 is 0. The van der Waals surface area contributed by atoms with E-state index < -0.39 is 34.6 Å². The summed E-state index contributed by atoms with van der Waals surface area (Å²) in [4.78, 5) is 23.5. The maximum atomic E-state index is 12.0. The Hall–Kier alpha value is -2.12. The number of carboxylic acids is 1. The summed E-state index contributed by atoms with van der Waals surface area (Å²) in [6, 6.07) is 1.19. The molecule has 1 aromatic rings. The number of hydrogen-bond acceptors (Lipinski definition) is 6. The van der Waals surface area contributed by atoms with Gasteiger partial charge >= 0.3 is 5.97 Å². The number of benzene rings is 1. The van der Waals surface area contributed by atoms with E-state index in [9.17, 15) is 30.0 Å². The lowest BCUT2D eigenvalue weighted by molar-refractivity contribution is -0.240. The first-order chi connectivity index (χ1) is 13.9. The smallest absolute Gasteiger partial charge is 0.340 e. The Bertz CT molecular complexity index is 923. The Morgan fingerprint density at radius 2 is 1.90 bits per heavy atom. The molecule has 1 aliphatic heterocycles. The minimum Gasteiger partial charge on any atom is -0.508 e. The number of carbonyl (C=O) groups excluding carboxylic acids is 1. The van der Waals surface area contributed by atoms with Crippen molar-refractivity contribution in [3.63, 3.8) is 0 Å². The Morgan fingerprint density at radius 1 is 1.23 bits per heavy atom. The molecule has 0 amide bonds. The van der Waals surface area contributed by atoms with E-state index in [0.717, 1.165) is 12.8 Å². The predicted octanol–water partition coefficient (Wildman–Crippen LogP) is 2.78. The molecule has 1 heterocycles. The van der Waals surface area contributed by atoms with Crippen molar-refractivity contribution < 1.29 is 34.8 Å². The zero-order valence-corrected chi connectivity index (χ0v) is 17.8. The third kappa shape index (κ3) is 2.45. The summed E-state index contributed by atoms with van der Waals surface area (Å²) in [5, 5.41) is 41.8. The first kappa shape index (κ1) is 21.1. The van der Waals surface area contributed by atoms with E-state index in [2.05, 4.69) is 6.92 Å². The van der Waals surface area contributed by atoms with Crippen molar-refractivity contribution in [2.24, 2.45) is 22.7 Å². The lowest BCUT2D eigenvalue weighted by atomic mass is 9.43. The summed E-state index contributed by atoms with van der Waals surface area (Å²) in [5.41, 5.74) is -1.97. The lowest BCUT2D eigenvalue weighted by Crippen LogP contribution is -2.69. The molecule has 7 heteroatoms. The highest BCUT2D eigenvalue weighted by Crippen LogP contribution is 2.66. The largest absolute Gasteiger partial charge is 0.508 e. The van der Waals surface area contributed by atoms with Gasteiger partial charge in [-0.2, -0.15) is 0 Å². The van der Waals surface area contributed by atoms with Gasteiger partial charge in [-0.15, -0.1) is 0 Å². The third-order valence-electron chi connectivity index (χ3n) is 8.53. The number of aliphatic hydroxyl groups excluding tert-OH is 2. The molecule has 0 aromatic heterocycles. The normalized spacial score (nSPS) is 39.1. The number of carbonyl (C=O) groups is 2. The van der Waals surface area contributed by atoms with Gasteiger partial charge in [-0.3, -0.25) is 4.79 Å². The molecule has 6 atom stereocenters. The van der Waals surface area contributed by atoms with Crippen molar-refractivity contribution in [3.8, 4) is 11.5 Å². The number of aromatic carboxylic acids is 1. The van der Waals surface area contributed by atoms with Gasteiger partial charge in [-0.05, 0) is 42.6 Å². The first-order valence-electron chi connectivity index (χ1n) is 10.5. The van der Waals surface area contributed by atoms with Crippen molar-refractivity contribution in [2.75, 3.05) is 0 Å². The van der Waals surface area contributed by atoms with E-state index in [0.29, 0.717) is 24.7 Å². The molecule has 2 aliphatic carbocycles. The zero-order chi connectivity index (χ0) is 22.2. The first-order valence-corrected chi connectivity index (χ1v) is 10.5. The second-order valence-electron chi connectivity index (χ2n) is 10.2. The molecule has 0 saturated heterocycles. The molecule has 0 unspecified atom stereocenters. The van der Waals surface area contributed by atoms with Gasteiger partial charge in [0.2, 0.25) is 0 Å². The molecule has 4 N–H and O–H groups in total. The maximum Gasteiger partial charge on any atom is 0.340 e. The summed E-state index contributed by atoms with van der Waals surface area (Å²) in [5.74, 6) is -1.34. The van der Waals surface area contributed by atoms with Gasteiger partial charge in [0.05, 0.1) is 12.2 Å². The molecular weight excluding hydrogens is 388 g/mol. The average molecular weight is 418 g/mol. The standard InChI is InChI=1S/C23H30O7/c1-11-5-6-16-21(2,3)19(27)15(26)9-22(16,4)23(11)8-13-14(25)7-12(10-24)17(20(28)29)18(13)30-23/h7,10-11,15-16,19,25-27H,5-6,8-9H2,1-4H3,(H,28,29)/t11-,15-,16-,19-,22+,23+/m0/s1. The number of fused-ring (bicyclic) bond motifs is 3. The number of carboxylic acid groups (broad SMARTS) is 1. The van der Waals surface area contributed by atoms with E-state index in [1.165, 1.54) is 6.07 Å². The van der Waals surface area contributed by atoms with Crippen LogP contribution in [0.15, 0.2) is 6.07 Å². The number of rotatable bonds is 2. The van der Waals surface area contributed by atoms with Gasteiger partial charge in [0.25, 0.3) is 0 Å². The van der Waals surface area contributed by atoms with Crippen LogP contribution in [0.1, 0.15) is 73.2 Å². The molecule has 164 valence electrons. The van der Waals surface area contributed by atoms with Gasteiger partial charge in [0.15, 0.2) is 6.29 Å². The number of aromatic hydroxyl groups is 1. The van der Waals surface area contributed by atoms with Crippen LogP contribution >= 0.6 is 0 Å². The molecule has 0 radical (unpaired) electrons. The number of aliphatic hydroxyl groups is 2. The van der Waals surface area contributed by atoms with E-state index in [4.69, 9.17) is 4.74 Å².